The van der Waals surface area contributed by atoms with E-state index in [9.17, 15) is 18.0 Å². The number of aromatic nitrogens is 5. The fourth-order valence-electron chi connectivity index (χ4n) is 3.67. The molecule has 0 unspecified atom stereocenters. The molecule has 4 heterocycles. The number of nitrogens with one attached hydrogen (secondary N) is 1. The van der Waals surface area contributed by atoms with Crippen molar-refractivity contribution in [2.75, 3.05) is 0 Å². The average molecular weight is 479 g/mol. The van der Waals surface area contributed by atoms with Gasteiger partial charge in [0.2, 0.25) is 5.88 Å². The van der Waals surface area contributed by atoms with Crippen LogP contribution < -0.4 is 10.1 Å². The monoisotopic (exact) mass is 478 g/mol. The number of carbonyl (C=O) groups is 1. The van der Waals surface area contributed by atoms with Gasteiger partial charge in [0.05, 0.1) is 24.0 Å². The summed E-state index contributed by atoms with van der Waals surface area (Å²) in [6.07, 6.45) is 1.79. The van der Waals surface area contributed by atoms with Crippen LogP contribution in [0.1, 0.15) is 48.1 Å². The molecule has 0 radical (unpaired) electrons. The molecule has 8 nitrogen and oxygen atoms in total. The molecule has 172 valence electrons. The zero-order chi connectivity index (χ0) is 23.3. The highest BCUT2D eigenvalue weighted by Crippen LogP contribution is 2.42. The van der Waals surface area contributed by atoms with Crippen LogP contribution in [0.15, 0.2) is 30.7 Å². The summed E-state index contributed by atoms with van der Waals surface area (Å²) < 4.78 is 48.7. The lowest BCUT2D eigenvalue weighted by Crippen LogP contribution is -2.27. The molecule has 0 aromatic carbocycles. The van der Waals surface area contributed by atoms with Crippen molar-refractivity contribution in [1.29, 1.82) is 0 Å². The second kappa shape index (κ2) is 7.91. The number of alkyl halides is 3. The number of halogens is 4. The third-order valence-electron chi connectivity index (χ3n) is 5.45. The van der Waals surface area contributed by atoms with Crippen LogP contribution in [-0.4, -0.2) is 30.1 Å². The van der Waals surface area contributed by atoms with Crippen molar-refractivity contribution in [2.45, 2.75) is 44.8 Å². The summed E-state index contributed by atoms with van der Waals surface area (Å²) in [6, 6.07) is 2.51. The molecule has 4 aromatic rings. The highest BCUT2D eigenvalue weighted by Gasteiger charge is 2.36. The maximum absolute atomic E-state index is 13.6. The van der Waals surface area contributed by atoms with Gasteiger partial charge in [0.15, 0.2) is 5.65 Å². The molecule has 5 rings (SSSR count). The molecule has 0 atom stereocenters. The van der Waals surface area contributed by atoms with Crippen LogP contribution in [0.25, 0.3) is 11.3 Å². The number of ether oxygens (including phenoxy) is 1. The van der Waals surface area contributed by atoms with Crippen molar-refractivity contribution in [3.8, 4) is 5.88 Å². The molecular formula is C21H18ClF3N6O2. The van der Waals surface area contributed by atoms with E-state index in [0.29, 0.717) is 17.6 Å². The Morgan fingerprint density at radius 2 is 2.03 bits per heavy atom. The Labute approximate surface area is 190 Å². The second-order valence-corrected chi connectivity index (χ2v) is 8.23. The smallest absolute Gasteiger partial charge is 0.391 e. The Morgan fingerprint density at radius 3 is 2.73 bits per heavy atom. The SMILES string of the molecule is CCc1cnn2c(OC(=O)NCc3cn4cc(C5CC5)cc(C(F)(F)F)c4n3)cc(Cl)nc12. The van der Waals surface area contributed by atoms with E-state index in [4.69, 9.17) is 16.3 Å². The van der Waals surface area contributed by atoms with Gasteiger partial charge in [-0.05, 0) is 36.8 Å². The molecule has 1 aliphatic carbocycles. The predicted octanol–water partition coefficient (Wildman–Crippen LogP) is 4.78. The van der Waals surface area contributed by atoms with Gasteiger partial charge in [-0.3, -0.25) is 0 Å². The number of carbonyl (C=O) groups excluding carboxylic acids is 1. The second-order valence-electron chi connectivity index (χ2n) is 7.84. The van der Waals surface area contributed by atoms with Gasteiger partial charge in [-0.25, -0.2) is 14.8 Å². The van der Waals surface area contributed by atoms with Crippen molar-refractivity contribution in [3.63, 3.8) is 0 Å². The number of nitrogens with zero attached hydrogens (tertiary/aromatic N) is 5. The van der Waals surface area contributed by atoms with Crippen molar-refractivity contribution < 1.29 is 22.7 Å². The van der Waals surface area contributed by atoms with Gasteiger partial charge in [0, 0.05) is 24.0 Å². The summed E-state index contributed by atoms with van der Waals surface area (Å²) >= 11 is 6.03. The summed E-state index contributed by atoms with van der Waals surface area (Å²) in [4.78, 5) is 20.6. The number of hydrogen-bond acceptors (Lipinski definition) is 5. The summed E-state index contributed by atoms with van der Waals surface area (Å²) in [7, 11) is 0. The molecule has 1 saturated carbocycles. The summed E-state index contributed by atoms with van der Waals surface area (Å²) in [5.41, 5.74) is 1.20. The van der Waals surface area contributed by atoms with Crippen molar-refractivity contribution in [1.82, 2.24) is 29.3 Å². The fraction of sp³-hybridized carbons (Fsp3) is 0.333. The minimum absolute atomic E-state index is 0.0608. The lowest BCUT2D eigenvalue weighted by Gasteiger charge is -2.10. The van der Waals surface area contributed by atoms with Crippen LogP contribution in [0.2, 0.25) is 5.15 Å². The highest BCUT2D eigenvalue weighted by molar-refractivity contribution is 6.29. The molecule has 0 aliphatic heterocycles. The first-order valence-electron chi connectivity index (χ1n) is 10.3. The highest BCUT2D eigenvalue weighted by atomic mass is 35.5. The van der Waals surface area contributed by atoms with Crippen LogP contribution in [-0.2, 0) is 19.1 Å². The van der Waals surface area contributed by atoms with Crippen molar-refractivity contribution >= 4 is 29.0 Å². The summed E-state index contributed by atoms with van der Waals surface area (Å²) in [5, 5.41) is 6.79. The Bertz CT molecular complexity index is 1380. The topological polar surface area (TPSA) is 85.8 Å². The first-order chi connectivity index (χ1) is 15.7. The van der Waals surface area contributed by atoms with Gasteiger partial charge in [-0.15, -0.1) is 0 Å². The molecule has 12 heteroatoms. The molecule has 0 bridgehead atoms. The summed E-state index contributed by atoms with van der Waals surface area (Å²) in [6.45, 7) is 1.80. The number of amides is 1. The predicted molar refractivity (Wildman–Crippen MR) is 112 cm³/mol. The standard InChI is InChI=1S/C21H18ClF3N6O2/c1-2-11-7-27-31-17(6-16(22)29-18(11)31)33-20(32)26-8-14-10-30-9-13(12-3-4-12)5-15(19(30)28-14)21(23,24)25/h5-7,9-10,12H,2-4,8H2,1H3,(H,26,32). The molecule has 33 heavy (non-hydrogen) atoms. The van der Waals surface area contributed by atoms with Gasteiger partial charge in [0.25, 0.3) is 0 Å². The maximum atomic E-state index is 13.6. The molecule has 4 aromatic heterocycles. The van der Waals surface area contributed by atoms with Gasteiger partial charge >= 0.3 is 12.3 Å². The number of hydrogen-bond donors (Lipinski definition) is 1. The van der Waals surface area contributed by atoms with E-state index in [-0.39, 0.29) is 34.8 Å². The van der Waals surface area contributed by atoms with Crippen molar-refractivity contribution in [2.24, 2.45) is 0 Å². The Hall–Kier alpha value is -3.34. The lowest BCUT2D eigenvalue weighted by atomic mass is 10.1. The van der Waals surface area contributed by atoms with E-state index in [1.807, 2.05) is 6.92 Å². The minimum Gasteiger partial charge on any atom is -0.391 e. The van der Waals surface area contributed by atoms with Crippen LogP contribution in [0, 0.1) is 0 Å². The summed E-state index contributed by atoms with van der Waals surface area (Å²) in [5.74, 6) is 0.208. The van der Waals surface area contributed by atoms with E-state index in [1.165, 1.54) is 27.2 Å². The molecule has 0 spiro atoms. The van der Waals surface area contributed by atoms with E-state index in [1.54, 1.807) is 12.4 Å². The number of fused-ring (bicyclic) bond motifs is 2. The molecular weight excluding hydrogens is 461 g/mol. The number of pyridine rings is 1. The third kappa shape index (κ3) is 4.20. The number of rotatable bonds is 5. The Kier molecular flexibility index (Phi) is 5.15. The van der Waals surface area contributed by atoms with Gasteiger partial charge in [-0.2, -0.15) is 22.8 Å². The zero-order valence-electron chi connectivity index (χ0n) is 17.4. The maximum Gasteiger partial charge on any atom is 0.419 e. The van der Waals surface area contributed by atoms with Gasteiger partial charge < -0.3 is 14.5 Å². The van der Waals surface area contributed by atoms with E-state index >= 15 is 0 Å². The van der Waals surface area contributed by atoms with E-state index in [0.717, 1.165) is 18.4 Å². The number of aryl methyl sites for hydroxylation is 1. The van der Waals surface area contributed by atoms with Crippen LogP contribution in [0.4, 0.5) is 18.0 Å². The quantitative estimate of drug-likeness (QED) is 0.417. The Balaban J connectivity index is 1.35. The first-order valence-corrected chi connectivity index (χ1v) is 10.7. The minimum atomic E-state index is -4.53. The zero-order valence-corrected chi connectivity index (χ0v) is 18.1. The van der Waals surface area contributed by atoms with Gasteiger partial charge in [0.1, 0.15) is 10.8 Å². The van der Waals surface area contributed by atoms with Crippen LogP contribution in [0.5, 0.6) is 5.88 Å². The molecule has 0 saturated heterocycles. The van der Waals surface area contributed by atoms with Crippen LogP contribution in [0.3, 0.4) is 0 Å². The van der Waals surface area contributed by atoms with Gasteiger partial charge in [-0.1, -0.05) is 18.5 Å². The van der Waals surface area contributed by atoms with E-state index in [2.05, 4.69) is 20.4 Å². The average Bonchev–Trinajstić information content (AvgIpc) is 3.39. The largest absolute Gasteiger partial charge is 0.419 e. The third-order valence-corrected chi connectivity index (χ3v) is 5.64. The van der Waals surface area contributed by atoms with Crippen LogP contribution >= 0.6 is 11.6 Å². The van der Waals surface area contributed by atoms with E-state index < -0.39 is 17.8 Å². The number of imidazole rings is 1. The normalized spacial score (nSPS) is 14.2. The first kappa shape index (κ1) is 21.5. The molecule has 1 aliphatic rings. The molecule has 1 N–H and O–H groups in total. The molecule has 1 fully saturated rings. The molecule has 1 amide bonds. The lowest BCUT2D eigenvalue weighted by molar-refractivity contribution is -0.136. The van der Waals surface area contributed by atoms with Crippen molar-refractivity contribution in [3.05, 3.63) is 58.3 Å². The fourth-order valence-corrected chi connectivity index (χ4v) is 3.85. The Morgan fingerprint density at radius 1 is 1.24 bits per heavy atom.